The van der Waals surface area contributed by atoms with E-state index in [4.69, 9.17) is 5.26 Å². The Hall–Kier alpha value is -3.18. The number of hydrogen-bond donors (Lipinski definition) is 1. The van der Waals surface area contributed by atoms with Gasteiger partial charge in [-0.15, -0.1) is 0 Å². The molecule has 2 heterocycles. The Morgan fingerprint density at radius 2 is 1.85 bits per heavy atom. The predicted octanol–water partition coefficient (Wildman–Crippen LogP) is 2.53. The summed E-state index contributed by atoms with van der Waals surface area (Å²) in [6, 6.07) is 10.4. The van der Waals surface area contributed by atoms with Gasteiger partial charge in [0.25, 0.3) is 0 Å². The average molecular weight is 368 g/mol. The second kappa shape index (κ2) is 6.28. The second-order valence-electron chi connectivity index (χ2n) is 5.97. The molecule has 132 valence electrons. The van der Waals surface area contributed by atoms with Gasteiger partial charge in [0, 0.05) is 12.5 Å². The lowest BCUT2D eigenvalue weighted by atomic mass is 10.0. The summed E-state index contributed by atoms with van der Waals surface area (Å²) in [5.41, 5.74) is 2.87. The Morgan fingerprint density at radius 1 is 1.19 bits per heavy atom. The van der Waals surface area contributed by atoms with Gasteiger partial charge in [0.05, 0.1) is 27.8 Å². The lowest BCUT2D eigenvalue weighted by Crippen LogP contribution is -2.05. The van der Waals surface area contributed by atoms with Crippen molar-refractivity contribution in [3.05, 3.63) is 53.3 Å². The molecule has 0 saturated carbocycles. The Bertz CT molecular complexity index is 1140. The number of sulfone groups is 1. The van der Waals surface area contributed by atoms with Crippen molar-refractivity contribution in [1.82, 2.24) is 14.8 Å². The van der Waals surface area contributed by atoms with Crippen molar-refractivity contribution >= 4 is 9.84 Å². The smallest absolute Gasteiger partial charge is 0.223 e. The van der Waals surface area contributed by atoms with E-state index in [9.17, 15) is 13.5 Å². The highest BCUT2D eigenvalue weighted by Gasteiger charge is 2.19. The van der Waals surface area contributed by atoms with Crippen molar-refractivity contribution in [2.45, 2.75) is 18.7 Å². The zero-order chi connectivity index (χ0) is 19.1. The van der Waals surface area contributed by atoms with Crippen molar-refractivity contribution in [3.63, 3.8) is 0 Å². The van der Waals surface area contributed by atoms with Crippen LogP contribution < -0.4 is 0 Å². The van der Waals surface area contributed by atoms with Crippen LogP contribution in [0, 0.1) is 25.2 Å². The van der Waals surface area contributed by atoms with Crippen molar-refractivity contribution in [1.29, 1.82) is 5.26 Å². The molecule has 0 unspecified atom stereocenters. The fraction of sp³-hybridized carbons (Fsp3) is 0.167. The standard InChI is InChI=1S/C18H16N4O3S/c1-11-8-16(20-10-15(11)26(3,24)25)22-18(23)17(12(2)21-22)14-6-4-13(9-19)5-7-14/h4-8,10,23H,1-3H3. The molecular formula is C18H16N4O3S. The van der Waals surface area contributed by atoms with Gasteiger partial charge >= 0.3 is 0 Å². The van der Waals surface area contributed by atoms with E-state index < -0.39 is 9.84 Å². The van der Waals surface area contributed by atoms with Crippen LogP contribution in [0.25, 0.3) is 16.9 Å². The van der Waals surface area contributed by atoms with E-state index >= 15 is 0 Å². The van der Waals surface area contributed by atoms with E-state index in [-0.39, 0.29) is 10.8 Å². The first-order valence-corrected chi connectivity index (χ1v) is 9.57. The van der Waals surface area contributed by atoms with Gasteiger partial charge in [0.1, 0.15) is 0 Å². The van der Waals surface area contributed by atoms with Gasteiger partial charge in [-0.25, -0.2) is 13.4 Å². The average Bonchev–Trinajstić information content (AvgIpc) is 2.88. The van der Waals surface area contributed by atoms with E-state index in [1.54, 1.807) is 44.2 Å². The summed E-state index contributed by atoms with van der Waals surface area (Å²) in [4.78, 5) is 4.27. The Morgan fingerprint density at radius 3 is 2.38 bits per heavy atom. The number of nitriles is 1. The molecule has 0 fully saturated rings. The summed E-state index contributed by atoms with van der Waals surface area (Å²) >= 11 is 0. The van der Waals surface area contributed by atoms with Gasteiger partial charge in [-0.1, -0.05) is 12.1 Å². The van der Waals surface area contributed by atoms with Crippen LogP contribution in [0.2, 0.25) is 0 Å². The zero-order valence-corrected chi connectivity index (χ0v) is 15.2. The molecule has 0 bridgehead atoms. The monoisotopic (exact) mass is 368 g/mol. The number of aromatic hydroxyl groups is 1. The van der Waals surface area contributed by atoms with Crippen molar-refractivity contribution in [2.24, 2.45) is 0 Å². The molecule has 0 amide bonds. The highest BCUT2D eigenvalue weighted by Crippen LogP contribution is 2.34. The molecule has 7 nitrogen and oxygen atoms in total. The third-order valence-corrected chi connectivity index (χ3v) is 5.23. The SMILES string of the molecule is Cc1cc(-n2nc(C)c(-c3ccc(C#N)cc3)c2O)ncc1S(C)(=O)=O. The topological polar surface area (TPSA) is 109 Å². The third kappa shape index (κ3) is 3.05. The molecule has 0 atom stereocenters. The maximum Gasteiger partial charge on any atom is 0.223 e. The summed E-state index contributed by atoms with van der Waals surface area (Å²) in [6.07, 6.45) is 2.38. The number of nitrogens with zero attached hydrogens (tertiary/aromatic N) is 4. The highest BCUT2D eigenvalue weighted by atomic mass is 32.2. The maximum atomic E-state index is 11.7. The number of rotatable bonds is 3. The molecule has 1 aromatic carbocycles. The number of aryl methyl sites for hydroxylation is 2. The lowest BCUT2D eigenvalue weighted by molar-refractivity contribution is 0.433. The molecule has 0 radical (unpaired) electrons. The van der Waals surface area contributed by atoms with Crippen LogP contribution in [0.4, 0.5) is 0 Å². The summed E-state index contributed by atoms with van der Waals surface area (Å²) in [7, 11) is -3.38. The van der Waals surface area contributed by atoms with Crippen LogP contribution in [-0.4, -0.2) is 34.5 Å². The molecule has 0 spiro atoms. The van der Waals surface area contributed by atoms with Crippen LogP contribution in [0.1, 0.15) is 16.8 Å². The first-order valence-electron chi connectivity index (χ1n) is 7.68. The number of pyridine rings is 1. The maximum absolute atomic E-state index is 11.7. The number of aromatic nitrogens is 3. The highest BCUT2D eigenvalue weighted by molar-refractivity contribution is 7.90. The minimum atomic E-state index is -3.38. The molecule has 26 heavy (non-hydrogen) atoms. The summed E-state index contributed by atoms with van der Waals surface area (Å²) in [6.45, 7) is 3.41. The van der Waals surface area contributed by atoms with E-state index in [1.807, 2.05) is 6.07 Å². The van der Waals surface area contributed by atoms with Gasteiger partial charge < -0.3 is 5.11 Å². The van der Waals surface area contributed by atoms with Gasteiger partial charge in [-0.3, -0.25) is 0 Å². The van der Waals surface area contributed by atoms with Crippen molar-refractivity contribution < 1.29 is 13.5 Å². The molecule has 3 aromatic rings. The van der Waals surface area contributed by atoms with Crippen LogP contribution in [0.15, 0.2) is 41.4 Å². The van der Waals surface area contributed by atoms with Crippen LogP contribution >= 0.6 is 0 Å². The van der Waals surface area contributed by atoms with Gasteiger partial charge in [-0.05, 0) is 43.2 Å². The summed E-state index contributed by atoms with van der Waals surface area (Å²) in [5.74, 6) is 0.210. The van der Waals surface area contributed by atoms with E-state index in [2.05, 4.69) is 10.1 Å². The predicted molar refractivity (Wildman–Crippen MR) is 95.8 cm³/mol. The van der Waals surface area contributed by atoms with Crippen LogP contribution in [-0.2, 0) is 9.84 Å². The lowest BCUT2D eigenvalue weighted by Gasteiger charge is -2.07. The molecule has 0 saturated heterocycles. The normalized spacial score (nSPS) is 11.3. The molecule has 8 heteroatoms. The molecule has 0 aliphatic carbocycles. The molecule has 0 aliphatic heterocycles. The molecule has 3 rings (SSSR count). The zero-order valence-electron chi connectivity index (χ0n) is 14.4. The molecule has 1 N–H and O–H groups in total. The van der Waals surface area contributed by atoms with Gasteiger partial charge in [-0.2, -0.15) is 15.0 Å². The molecular weight excluding hydrogens is 352 g/mol. The van der Waals surface area contributed by atoms with E-state index in [0.29, 0.717) is 28.2 Å². The van der Waals surface area contributed by atoms with E-state index in [0.717, 1.165) is 11.8 Å². The van der Waals surface area contributed by atoms with Crippen molar-refractivity contribution in [2.75, 3.05) is 6.26 Å². The van der Waals surface area contributed by atoms with Gasteiger partial charge in [0.2, 0.25) is 5.88 Å². The van der Waals surface area contributed by atoms with Crippen LogP contribution in [0.5, 0.6) is 5.88 Å². The summed E-state index contributed by atoms with van der Waals surface area (Å²) in [5, 5.41) is 23.9. The third-order valence-electron chi connectivity index (χ3n) is 4.00. The largest absolute Gasteiger partial charge is 0.493 e. The summed E-state index contributed by atoms with van der Waals surface area (Å²) < 4.78 is 24.7. The quantitative estimate of drug-likeness (QED) is 0.761. The molecule has 0 aliphatic rings. The Balaban J connectivity index is 2.11. The van der Waals surface area contributed by atoms with Crippen LogP contribution in [0.3, 0.4) is 0 Å². The van der Waals surface area contributed by atoms with Gasteiger partial charge in [0.15, 0.2) is 15.7 Å². The Kier molecular flexibility index (Phi) is 4.26. The fourth-order valence-electron chi connectivity index (χ4n) is 2.76. The minimum absolute atomic E-state index is 0.105. The molecule has 2 aromatic heterocycles. The first-order chi connectivity index (χ1) is 12.2. The first kappa shape index (κ1) is 17.6. The Labute approximate surface area is 151 Å². The second-order valence-corrected chi connectivity index (χ2v) is 7.95. The number of benzene rings is 1. The van der Waals surface area contributed by atoms with E-state index in [1.165, 1.54) is 10.9 Å². The number of hydrogen-bond acceptors (Lipinski definition) is 6. The van der Waals surface area contributed by atoms with Crippen molar-refractivity contribution in [3.8, 4) is 28.9 Å². The fourth-order valence-corrected chi connectivity index (χ4v) is 3.64. The minimum Gasteiger partial charge on any atom is -0.493 e.